The highest BCUT2D eigenvalue weighted by Gasteiger charge is 2.09. The molecule has 0 aliphatic heterocycles. The summed E-state index contributed by atoms with van der Waals surface area (Å²) in [5.74, 6) is -2.59. The molecule has 6 nitrogen and oxygen atoms in total. The Hall–Kier alpha value is -1.72. The summed E-state index contributed by atoms with van der Waals surface area (Å²) in [6, 6.07) is 0. The van der Waals surface area contributed by atoms with Crippen LogP contribution in [0.1, 0.15) is 41.0 Å². The van der Waals surface area contributed by atoms with Crippen molar-refractivity contribution in [2.75, 3.05) is 6.61 Å². The van der Waals surface area contributed by atoms with Crippen LogP contribution in [0.5, 0.6) is 0 Å². The van der Waals surface area contributed by atoms with E-state index in [1.807, 2.05) is 6.92 Å². The smallest absolute Gasteiger partial charge is 0.374 e. The molecule has 0 spiro atoms. The Labute approximate surface area is 107 Å². The van der Waals surface area contributed by atoms with Crippen molar-refractivity contribution in [3.63, 3.8) is 0 Å². The normalized spacial score (nSPS) is 9.00. The summed E-state index contributed by atoms with van der Waals surface area (Å²) in [5.41, 5.74) is 0. The molecule has 0 heterocycles. The number of rotatable bonds is 5. The van der Waals surface area contributed by atoms with Crippen LogP contribution in [0.3, 0.4) is 0 Å². The van der Waals surface area contributed by atoms with Crippen LogP contribution in [0.4, 0.5) is 0 Å². The molecule has 0 rings (SSSR count). The first kappa shape index (κ1) is 18.6. The molecule has 0 saturated heterocycles. The summed E-state index contributed by atoms with van der Waals surface area (Å²) < 4.78 is 8.99. The molecule has 0 aromatic heterocycles. The van der Waals surface area contributed by atoms with Gasteiger partial charge in [-0.2, -0.15) is 0 Å². The van der Waals surface area contributed by atoms with Crippen molar-refractivity contribution in [3.05, 3.63) is 0 Å². The van der Waals surface area contributed by atoms with Gasteiger partial charge in [0.15, 0.2) is 0 Å². The fourth-order valence-corrected chi connectivity index (χ4v) is 0.593. The number of ketones is 2. The van der Waals surface area contributed by atoms with E-state index in [0.29, 0.717) is 6.61 Å². The zero-order valence-electron chi connectivity index (χ0n) is 11.4. The van der Waals surface area contributed by atoms with Gasteiger partial charge in [0.25, 0.3) is 0 Å². The lowest BCUT2D eigenvalue weighted by Crippen LogP contribution is -2.17. The van der Waals surface area contributed by atoms with E-state index in [-0.39, 0.29) is 6.10 Å². The molecule has 18 heavy (non-hydrogen) atoms. The molecule has 0 fully saturated rings. The second kappa shape index (κ2) is 10.4. The number of Topliss-reactive ketones (excluding diaryl/α,β-unsaturated/α-hetero) is 2. The van der Waals surface area contributed by atoms with Crippen molar-refractivity contribution in [1.82, 2.24) is 0 Å². The van der Waals surface area contributed by atoms with Gasteiger partial charge >= 0.3 is 11.9 Å². The van der Waals surface area contributed by atoms with Crippen LogP contribution in [0.15, 0.2) is 0 Å². The standard InChI is InChI=1S/2C6H10O3/c1-4(2)9-6(8)5(3)7;1-3-4-9-6(8)5(2)7/h4H,1-3H3;3-4H2,1-2H3. The molecule has 0 aromatic rings. The van der Waals surface area contributed by atoms with Gasteiger partial charge < -0.3 is 9.47 Å². The van der Waals surface area contributed by atoms with Crippen LogP contribution in [0, 0.1) is 0 Å². The van der Waals surface area contributed by atoms with Crippen LogP contribution < -0.4 is 0 Å². The molecule has 0 aliphatic rings. The van der Waals surface area contributed by atoms with E-state index < -0.39 is 23.5 Å². The number of carbonyl (C=O) groups is 4. The Morgan fingerprint density at radius 2 is 1.39 bits per heavy atom. The largest absolute Gasteiger partial charge is 0.460 e. The second-order valence-corrected chi connectivity index (χ2v) is 3.70. The van der Waals surface area contributed by atoms with Gasteiger partial charge in [0.1, 0.15) is 0 Å². The van der Waals surface area contributed by atoms with Crippen molar-refractivity contribution < 1.29 is 28.7 Å². The average Bonchev–Trinajstić information content (AvgIpc) is 2.25. The quantitative estimate of drug-likeness (QED) is 0.542. The predicted molar refractivity (Wildman–Crippen MR) is 63.8 cm³/mol. The number of hydrogen-bond donors (Lipinski definition) is 0. The molecule has 104 valence electrons. The average molecular weight is 260 g/mol. The molecular weight excluding hydrogens is 240 g/mol. The second-order valence-electron chi connectivity index (χ2n) is 3.70. The summed E-state index contributed by atoms with van der Waals surface area (Å²) in [6.45, 7) is 7.97. The molecule has 0 aliphatic carbocycles. The SMILES string of the molecule is CC(=O)C(=O)OC(C)C.CCCOC(=O)C(C)=O. The summed E-state index contributed by atoms with van der Waals surface area (Å²) in [5, 5.41) is 0. The third-order valence-corrected chi connectivity index (χ3v) is 1.35. The van der Waals surface area contributed by atoms with E-state index in [9.17, 15) is 19.2 Å². The maximum absolute atomic E-state index is 10.4. The maximum Gasteiger partial charge on any atom is 0.374 e. The first-order chi connectivity index (χ1) is 8.22. The van der Waals surface area contributed by atoms with Crippen LogP contribution >= 0.6 is 0 Å². The lowest BCUT2D eigenvalue weighted by molar-refractivity contribution is -0.155. The monoisotopic (exact) mass is 260 g/mol. The Morgan fingerprint density at radius 3 is 1.61 bits per heavy atom. The molecule has 0 atom stereocenters. The van der Waals surface area contributed by atoms with Gasteiger partial charge in [0.2, 0.25) is 11.6 Å². The molecule has 0 amide bonds. The van der Waals surface area contributed by atoms with E-state index in [2.05, 4.69) is 9.47 Å². The van der Waals surface area contributed by atoms with E-state index in [4.69, 9.17) is 0 Å². The minimum Gasteiger partial charge on any atom is -0.460 e. The Morgan fingerprint density at radius 1 is 0.944 bits per heavy atom. The van der Waals surface area contributed by atoms with Crippen LogP contribution in [0.25, 0.3) is 0 Å². The van der Waals surface area contributed by atoms with Crippen molar-refractivity contribution in [3.8, 4) is 0 Å². The lowest BCUT2D eigenvalue weighted by atomic mass is 10.4. The fourth-order valence-electron chi connectivity index (χ4n) is 0.593. The highest BCUT2D eigenvalue weighted by Crippen LogP contribution is 1.88. The highest BCUT2D eigenvalue weighted by atomic mass is 16.5. The van der Waals surface area contributed by atoms with Gasteiger partial charge in [-0.15, -0.1) is 0 Å². The van der Waals surface area contributed by atoms with Gasteiger partial charge in [-0.3, -0.25) is 9.59 Å². The zero-order valence-corrected chi connectivity index (χ0v) is 11.4. The van der Waals surface area contributed by atoms with Gasteiger partial charge in [-0.1, -0.05) is 6.92 Å². The Balaban J connectivity index is 0. The van der Waals surface area contributed by atoms with Crippen molar-refractivity contribution in [2.24, 2.45) is 0 Å². The van der Waals surface area contributed by atoms with Crippen molar-refractivity contribution in [1.29, 1.82) is 0 Å². The Bertz CT molecular complexity index is 306. The topological polar surface area (TPSA) is 86.7 Å². The molecule has 0 radical (unpaired) electrons. The molecule has 0 N–H and O–H groups in total. The van der Waals surface area contributed by atoms with E-state index in [1.54, 1.807) is 13.8 Å². The molecule has 0 bridgehead atoms. The van der Waals surface area contributed by atoms with Gasteiger partial charge in [-0.25, -0.2) is 9.59 Å². The minimum atomic E-state index is -0.759. The lowest BCUT2D eigenvalue weighted by Gasteiger charge is -2.03. The number of ether oxygens (including phenoxy) is 2. The molecule has 0 saturated carbocycles. The summed E-state index contributed by atoms with van der Waals surface area (Å²) >= 11 is 0. The van der Waals surface area contributed by atoms with Crippen LogP contribution in [-0.2, 0) is 28.7 Å². The highest BCUT2D eigenvalue weighted by molar-refractivity contribution is 6.32. The molecule has 6 heteroatoms. The third kappa shape index (κ3) is 12.4. The van der Waals surface area contributed by atoms with Gasteiger partial charge in [-0.05, 0) is 20.3 Å². The van der Waals surface area contributed by atoms with Crippen LogP contribution in [-0.4, -0.2) is 36.2 Å². The minimum absolute atomic E-state index is 0.207. The van der Waals surface area contributed by atoms with Crippen molar-refractivity contribution >= 4 is 23.5 Å². The first-order valence-electron chi connectivity index (χ1n) is 5.61. The molecule has 0 unspecified atom stereocenters. The third-order valence-electron chi connectivity index (χ3n) is 1.35. The summed E-state index contributed by atoms with van der Waals surface area (Å²) in [6.07, 6.45) is 0.542. The summed E-state index contributed by atoms with van der Waals surface area (Å²) in [4.78, 5) is 41.1. The Kier molecular flexibility index (Phi) is 10.8. The zero-order chi connectivity index (χ0) is 14.7. The fraction of sp³-hybridized carbons (Fsp3) is 0.667. The van der Waals surface area contributed by atoms with E-state index in [0.717, 1.165) is 6.42 Å². The van der Waals surface area contributed by atoms with E-state index >= 15 is 0 Å². The van der Waals surface area contributed by atoms with E-state index in [1.165, 1.54) is 13.8 Å². The number of esters is 2. The molecular formula is C12H20O6. The van der Waals surface area contributed by atoms with Crippen LogP contribution in [0.2, 0.25) is 0 Å². The predicted octanol–water partition coefficient (Wildman–Crippen LogP) is 1.06. The summed E-state index contributed by atoms with van der Waals surface area (Å²) in [7, 11) is 0. The van der Waals surface area contributed by atoms with Gasteiger partial charge in [0.05, 0.1) is 12.7 Å². The van der Waals surface area contributed by atoms with Crippen molar-refractivity contribution in [2.45, 2.75) is 47.1 Å². The number of hydrogen-bond acceptors (Lipinski definition) is 6. The maximum atomic E-state index is 10.4. The molecule has 0 aromatic carbocycles. The first-order valence-corrected chi connectivity index (χ1v) is 5.61. The van der Waals surface area contributed by atoms with Gasteiger partial charge in [0, 0.05) is 13.8 Å². The number of carbonyl (C=O) groups excluding carboxylic acids is 4.